The summed E-state index contributed by atoms with van der Waals surface area (Å²) < 4.78 is 63.6. The van der Waals surface area contributed by atoms with Crippen LogP contribution < -0.4 is 52.1 Å². The van der Waals surface area contributed by atoms with Crippen LogP contribution in [-0.4, -0.2) is 71.4 Å². The molecule has 85 heavy (non-hydrogen) atoms. The lowest BCUT2D eigenvalue weighted by Gasteiger charge is -2.19. The van der Waals surface area contributed by atoms with Crippen molar-refractivity contribution in [3.63, 3.8) is 0 Å². The van der Waals surface area contributed by atoms with Crippen LogP contribution in [0.2, 0.25) is 0 Å². The maximum atomic E-state index is 14.4. The second kappa shape index (κ2) is 24.5. The maximum Gasteiger partial charge on any atom is 0.343 e. The van der Waals surface area contributed by atoms with Crippen molar-refractivity contribution in [1.29, 1.82) is 0 Å². The summed E-state index contributed by atoms with van der Waals surface area (Å²) >= 11 is 0. The summed E-state index contributed by atoms with van der Waals surface area (Å²) in [6.45, 7) is 5.66. The largest absolute Gasteiger partial charge is 0.497 e. The van der Waals surface area contributed by atoms with Crippen molar-refractivity contribution in [2.75, 3.05) is 35.5 Å². The number of aryl methyl sites for hydroxylation is 2. The Hall–Kier alpha value is -11.2. The van der Waals surface area contributed by atoms with Crippen LogP contribution in [0.1, 0.15) is 78.8 Å². The summed E-state index contributed by atoms with van der Waals surface area (Å²) in [5.41, 5.74) is 3.36. The SMILES string of the molecule is COc1ccc(C(=O)Oc2cc3c4cc(OC(=O)c5ccc(OC)cc5)c(OC(=O)c5ccc(OC)cc5)cc4c4cc(OC(=O)c5cc(C)c(C)c(C)c5)c(OC(=O)c5ccc(OC)cc5)cc4c3cc2OC(=O)c2ccc(OC)cc2)cc1. The molecule has 0 aliphatic carbocycles. The minimum atomic E-state index is -0.853. The molecule has 0 fully saturated rings. The summed E-state index contributed by atoms with van der Waals surface area (Å²) in [5.74, 6) is -4.12. The predicted octanol–water partition coefficient (Wildman–Crippen LogP) is 13.4. The standard InChI is InChI=1S/C68H52O17/c1-37-29-45(30-38(2)39(37)3)68(74)85-62-36-56-54-34-60(83-66(72)43-15-25-49(78-7)26-16-43)58(81-64(70)41-11-21-47(76-5)22-12-41)32-52(54)51-31-57(80-63(69)40-9-19-46(75-4)20-10-40)59(82-65(71)42-13-23-48(77-6)24-14-42)33-53(51)55(56)35-61(62)84-67(73)44-17-27-50(79-8)28-18-44/h9-36H,1-8H3. The smallest absolute Gasteiger partial charge is 0.343 e. The van der Waals surface area contributed by atoms with Crippen molar-refractivity contribution >= 4 is 68.1 Å². The number of carbonyl (C=O) groups excluding carboxylic acids is 6. The van der Waals surface area contributed by atoms with Gasteiger partial charge in [-0.2, -0.15) is 0 Å². The first-order valence-corrected chi connectivity index (χ1v) is 26.2. The van der Waals surface area contributed by atoms with Gasteiger partial charge >= 0.3 is 35.8 Å². The molecule has 0 aromatic heterocycles. The molecule has 0 spiro atoms. The number of carbonyl (C=O) groups is 6. The molecular weight excluding hydrogens is 1090 g/mol. The monoisotopic (exact) mass is 1140 g/mol. The number of rotatable bonds is 17. The van der Waals surface area contributed by atoms with Crippen molar-refractivity contribution in [3.8, 4) is 63.2 Å². The Morgan fingerprint density at radius 3 is 0.565 bits per heavy atom. The molecule has 0 saturated carbocycles. The minimum absolute atomic E-state index is 0.106. The van der Waals surface area contributed by atoms with E-state index >= 15 is 0 Å². The number of hydrogen-bond donors (Lipinski definition) is 0. The van der Waals surface area contributed by atoms with Gasteiger partial charge in [0.15, 0.2) is 34.5 Å². The van der Waals surface area contributed by atoms with Gasteiger partial charge in [0.05, 0.1) is 68.9 Å². The lowest BCUT2D eigenvalue weighted by Crippen LogP contribution is -2.14. The highest BCUT2D eigenvalue weighted by Gasteiger charge is 2.27. The Balaban J connectivity index is 1.26. The van der Waals surface area contributed by atoms with E-state index in [0.29, 0.717) is 28.7 Å². The van der Waals surface area contributed by atoms with Gasteiger partial charge in [0, 0.05) is 0 Å². The maximum absolute atomic E-state index is 14.4. The van der Waals surface area contributed by atoms with Gasteiger partial charge < -0.3 is 52.1 Å². The third-order valence-electron chi connectivity index (χ3n) is 14.1. The Morgan fingerprint density at radius 1 is 0.235 bits per heavy atom. The molecule has 17 nitrogen and oxygen atoms in total. The zero-order valence-electron chi connectivity index (χ0n) is 47.1. The van der Waals surface area contributed by atoms with E-state index in [-0.39, 0.29) is 100 Å². The molecule has 0 bridgehead atoms. The molecule has 10 aromatic carbocycles. The van der Waals surface area contributed by atoms with E-state index < -0.39 is 35.8 Å². The van der Waals surface area contributed by atoms with Crippen LogP contribution in [0.3, 0.4) is 0 Å². The van der Waals surface area contributed by atoms with Crippen LogP contribution >= 0.6 is 0 Å². The minimum Gasteiger partial charge on any atom is -0.497 e. The van der Waals surface area contributed by atoms with Gasteiger partial charge in [-0.25, -0.2) is 28.8 Å². The third-order valence-corrected chi connectivity index (χ3v) is 14.1. The molecule has 0 aliphatic heterocycles. The highest BCUT2D eigenvalue weighted by atomic mass is 16.6. The van der Waals surface area contributed by atoms with Gasteiger partial charge in [0.2, 0.25) is 0 Å². The summed E-state index contributed by atoms with van der Waals surface area (Å²) in [5, 5.41) is 1.62. The quantitative estimate of drug-likeness (QED) is 0.0472. The summed E-state index contributed by atoms with van der Waals surface area (Å²) in [6, 6.07) is 42.8. The zero-order chi connectivity index (χ0) is 60.1. The van der Waals surface area contributed by atoms with Crippen molar-refractivity contribution in [3.05, 3.63) is 220 Å². The molecule has 0 heterocycles. The van der Waals surface area contributed by atoms with Crippen LogP contribution in [0.5, 0.6) is 63.2 Å². The van der Waals surface area contributed by atoms with E-state index in [0.717, 1.165) is 16.7 Å². The van der Waals surface area contributed by atoms with E-state index in [1.54, 1.807) is 72.8 Å². The third kappa shape index (κ3) is 12.2. The summed E-state index contributed by atoms with van der Waals surface area (Å²) in [4.78, 5) is 85.5. The van der Waals surface area contributed by atoms with E-state index in [1.807, 2.05) is 20.8 Å². The van der Waals surface area contributed by atoms with Gasteiger partial charge in [-0.3, -0.25) is 0 Å². The topological polar surface area (TPSA) is 204 Å². The van der Waals surface area contributed by atoms with Crippen LogP contribution in [0.25, 0.3) is 32.3 Å². The van der Waals surface area contributed by atoms with Gasteiger partial charge in [0.1, 0.15) is 28.7 Å². The number of benzene rings is 10. The van der Waals surface area contributed by atoms with Crippen molar-refractivity contribution in [1.82, 2.24) is 0 Å². The van der Waals surface area contributed by atoms with Crippen LogP contribution in [-0.2, 0) is 0 Å². The molecular formula is C68H52O17. The van der Waals surface area contributed by atoms with Crippen molar-refractivity contribution in [2.24, 2.45) is 0 Å². The molecule has 0 radical (unpaired) electrons. The van der Waals surface area contributed by atoms with Crippen molar-refractivity contribution in [2.45, 2.75) is 20.8 Å². The van der Waals surface area contributed by atoms with E-state index in [1.165, 1.54) is 133 Å². The first-order valence-electron chi connectivity index (χ1n) is 26.2. The number of esters is 6. The second-order valence-electron chi connectivity index (χ2n) is 19.2. The fourth-order valence-corrected chi connectivity index (χ4v) is 9.24. The van der Waals surface area contributed by atoms with Crippen LogP contribution in [0, 0.1) is 20.8 Å². The molecule has 0 saturated heterocycles. The van der Waals surface area contributed by atoms with Crippen molar-refractivity contribution < 1.29 is 80.9 Å². The zero-order valence-corrected chi connectivity index (χ0v) is 47.1. The highest BCUT2D eigenvalue weighted by molar-refractivity contribution is 6.27. The van der Waals surface area contributed by atoms with Gasteiger partial charge in [-0.15, -0.1) is 0 Å². The second-order valence-corrected chi connectivity index (χ2v) is 19.2. The summed E-state index contributed by atoms with van der Waals surface area (Å²) in [7, 11) is 7.40. The average molecular weight is 1140 g/mol. The molecule has 426 valence electrons. The van der Waals surface area contributed by atoms with Gasteiger partial charge in [0.25, 0.3) is 0 Å². The lowest BCUT2D eigenvalue weighted by atomic mass is 9.93. The highest BCUT2D eigenvalue weighted by Crippen LogP contribution is 2.48. The Labute approximate surface area is 486 Å². The summed E-state index contributed by atoms with van der Waals surface area (Å²) in [6.07, 6.45) is 0. The van der Waals surface area contributed by atoms with Crippen LogP contribution in [0.15, 0.2) is 170 Å². The molecule has 0 amide bonds. The number of ether oxygens (including phenoxy) is 11. The predicted molar refractivity (Wildman–Crippen MR) is 314 cm³/mol. The lowest BCUT2D eigenvalue weighted by molar-refractivity contribution is 0.0682. The van der Waals surface area contributed by atoms with E-state index in [9.17, 15) is 28.8 Å². The van der Waals surface area contributed by atoms with E-state index in [2.05, 4.69) is 0 Å². The van der Waals surface area contributed by atoms with Gasteiger partial charge in [-0.05, 0) is 240 Å². The number of fused-ring (bicyclic) bond motifs is 6. The van der Waals surface area contributed by atoms with Gasteiger partial charge in [-0.1, -0.05) is 0 Å². The first-order chi connectivity index (χ1) is 41.0. The number of hydrogen-bond acceptors (Lipinski definition) is 17. The average Bonchev–Trinajstić information content (AvgIpc) is 3.23. The molecule has 0 aliphatic rings. The fourth-order valence-electron chi connectivity index (χ4n) is 9.24. The van der Waals surface area contributed by atoms with Crippen LogP contribution in [0.4, 0.5) is 0 Å². The Bertz CT molecular complexity index is 4140. The first kappa shape index (κ1) is 57.1. The Kier molecular flexibility index (Phi) is 16.4. The Morgan fingerprint density at radius 2 is 0.400 bits per heavy atom. The fraction of sp³-hybridized carbons (Fsp3) is 0.118. The number of methoxy groups -OCH3 is 5. The molecule has 10 rings (SSSR count). The van der Waals surface area contributed by atoms with E-state index in [4.69, 9.17) is 52.1 Å². The molecule has 0 atom stereocenters. The molecule has 0 unspecified atom stereocenters. The molecule has 10 aromatic rings. The molecule has 0 N–H and O–H groups in total. The normalized spacial score (nSPS) is 10.9. The molecule has 17 heteroatoms.